The van der Waals surface area contributed by atoms with E-state index in [1.54, 1.807) is 24.3 Å². The zero-order valence-electron chi connectivity index (χ0n) is 9.58. The minimum atomic E-state index is -3.14. The molecule has 1 aromatic carbocycles. The molecule has 0 heterocycles. The van der Waals surface area contributed by atoms with E-state index in [2.05, 4.69) is 0 Å². The normalized spacial score (nSPS) is 25.0. The van der Waals surface area contributed by atoms with Gasteiger partial charge < -0.3 is 5.73 Å². The molecule has 0 atom stereocenters. The van der Waals surface area contributed by atoms with Crippen LogP contribution < -0.4 is 5.73 Å². The van der Waals surface area contributed by atoms with Gasteiger partial charge in [-0.2, -0.15) is 0 Å². The van der Waals surface area contributed by atoms with E-state index < -0.39 is 9.84 Å². The first kappa shape index (κ1) is 14.5. The van der Waals surface area contributed by atoms with Crippen molar-refractivity contribution in [2.24, 2.45) is 5.73 Å². The third kappa shape index (κ3) is 3.21. The van der Waals surface area contributed by atoms with Gasteiger partial charge in [0.25, 0.3) is 0 Å². The molecule has 3 nitrogen and oxygen atoms in total. The van der Waals surface area contributed by atoms with Gasteiger partial charge in [-0.05, 0) is 37.8 Å². The van der Waals surface area contributed by atoms with E-state index in [0.29, 0.717) is 17.7 Å². The minimum absolute atomic E-state index is 0. The van der Waals surface area contributed by atoms with E-state index in [1.165, 1.54) is 0 Å². The Balaban J connectivity index is 0.00000144. The van der Waals surface area contributed by atoms with Crippen LogP contribution in [0.2, 0.25) is 0 Å². The van der Waals surface area contributed by atoms with E-state index in [-0.39, 0.29) is 23.7 Å². The monoisotopic (exact) mass is 275 g/mol. The van der Waals surface area contributed by atoms with Crippen LogP contribution >= 0.6 is 12.4 Å². The van der Waals surface area contributed by atoms with Crippen LogP contribution in [0.5, 0.6) is 0 Å². The SMILES string of the molecule is Cl.NC1CCC(S(=O)(=O)c2ccccc2)CC1. The van der Waals surface area contributed by atoms with E-state index in [9.17, 15) is 8.42 Å². The largest absolute Gasteiger partial charge is 0.328 e. The highest BCUT2D eigenvalue weighted by Crippen LogP contribution is 2.27. The lowest BCUT2D eigenvalue weighted by atomic mass is 9.96. The van der Waals surface area contributed by atoms with Crippen LogP contribution in [0.4, 0.5) is 0 Å². The van der Waals surface area contributed by atoms with Gasteiger partial charge >= 0.3 is 0 Å². The minimum Gasteiger partial charge on any atom is -0.328 e. The molecular formula is C12H18ClNO2S. The van der Waals surface area contributed by atoms with Gasteiger partial charge in [0, 0.05) is 6.04 Å². The number of rotatable bonds is 2. The number of benzene rings is 1. The first-order valence-corrected chi connectivity index (χ1v) is 7.20. The molecule has 1 aliphatic rings. The molecule has 0 aliphatic heterocycles. The molecule has 2 N–H and O–H groups in total. The molecule has 1 aromatic rings. The van der Waals surface area contributed by atoms with Crippen molar-refractivity contribution < 1.29 is 8.42 Å². The number of sulfone groups is 1. The highest BCUT2D eigenvalue weighted by Gasteiger charge is 2.30. The van der Waals surface area contributed by atoms with Crippen molar-refractivity contribution >= 4 is 22.2 Å². The standard InChI is InChI=1S/C12H17NO2S.ClH/c13-10-6-8-12(9-7-10)16(14,15)11-4-2-1-3-5-11;/h1-5,10,12H,6-9,13H2;1H. The second-order valence-corrected chi connectivity index (χ2v) is 6.62. The highest BCUT2D eigenvalue weighted by atomic mass is 35.5. The summed E-state index contributed by atoms with van der Waals surface area (Å²) in [5, 5.41) is -0.241. The lowest BCUT2D eigenvalue weighted by Gasteiger charge is -2.25. The quantitative estimate of drug-likeness (QED) is 0.900. The van der Waals surface area contributed by atoms with Crippen molar-refractivity contribution in [1.82, 2.24) is 0 Å². The highest BCUT2D eigenvalue weighted by molar-refractivity contribution is 7.92. The van der Waals surface area contributed by atoms with Gasteiger partial charge in [-0.25, -0.2) is 8.42 Å². The summed E-state index contributed by atoms with van der Waals surface area (Å²) in [4.78, 5) is 0.440. The Morgan fingerprint density at radius 3 is 2.06 bits per heavy atom. The Labute approximate surface area is 109 Å². The zero-order valence-corrected chi connectivity index (χ0v) is 11.2. The lowest BCUT2D eigenvalue weighted by molar-refractivity contribution is 0.433. The Hall–Kier alpha value is -0.580. The number of halogens is 1. The van der Waals surface area contributed by atoms with Crippen LogP contribution in [-0.2, 0) is 9.84 Å². The summed E-state index contributed by atoms with van der Waals surface area (Å²) in [5.41, 5.74) is 5.78. The maximum atomic E-state index is 12.3. The maximum Gasteiger partial charge on any atom is 0.181 e. The van der Waals surface area contributed by atoms with Gasteiger partial charge in [0.05, 0.1) is 10.1 Å². The van der Waals surface area contributed by atoms with Crippen LogP contribution in [0.1, 0.15) is 25.7 Å². The molecule has 17 heavy (non-hydrogen) atoms. The van der Waals surface area contributed by atoms with Crippen molar-refractivity contribution in [1.29, 1.82) is 0 Å². The Morgan fingerprint density at radius 1 is 1.00 bits per heavy atom. The third-order valence-corrected chi connectivity index (χ3v) is 5.51. The van der Waals surface area contributed by atoms with Crippen LogP contribution in [0.15, 0.2) is 35.2 Å². The topological polar surface area (TPSA) is 60.2 Å². The van der Waals surface area contributed by atoms with Crippen LogP contribution in [0.3, 0.4) is 0 Å². The molecular weight excluding hydrogens is 258 g/mol. The summed E-state index contributed by atoms with van der Waals surface area (Å²) in [7, 11) is -3.14. The molecule has 1 aliphatic carbocycles. The van der Waals surface area contributed by atoms with Gasteiger partial charge in [0.15, 0.2) is 9.84 Å². The maximum absolute atomic E-state index is 12.3. The number of hydrogen-bond donors (Lipinski definition) is 1. The summed E-state index contributed by atoms with van der Waals surface area (Å²) in [6.07, 6.45) is 3.02. The fourth-order valence-corrected chi connectivity index (χ4v) is 4.02. The number of hydrogen-bond acceptors (Lipinski definition) is 3. The molecule has 0 aromatic heterocycles. The smallest absolute Gasteiger partial charge is 0.181 e. The van der Waals surface area contributed by atoms with Crippen molar-refractivity contribution in [3.63, 3.8) is 0 Å². The van der Waals surface area contributed by atoms with Crippen LogP contribution in [0, 0.1) is 0 Å². The van der Waals surface area contributed by atoms with Gasteiger partial charge in [0.2, 0.25) is 0 Å². The zero-order chi connectivity index (χ0) is 11.6. The summed E-state index contributed by atoms with van der Waals surface area (Å²) in [6, 6.07) is 8.88. The van der Waals surface area contributed by atoms with E-state index >= 15 is 0 Å². The first-order valence-electron chi connectivity index (χ1n) is 5.65. The Kier molecular flexibility index (Phi) is 4.98. The third-order valence-electron chi connectivity index (χ3n) is 3.23. The summed E-state index contributed by atoms with van der Waals surface area (Å²) < 4.78 is 24.5. The molecule has 0 spiro atoms. The van der Waals surface area contributed by atoms with Crippen molar-refractivity contribution in [3.8, 4) is 0 Å². The first-order chi connectivity index (χ1) is 7.60. The lowest BCUT2D eigenvalue weighted by Crippen LogP contribution is -2.33. The summed E-state index contributed by atoms with van der Waals surface area (Å²) in [6.45, 7) is 0. The van der Waals surface area contributed by atoms with Gasteiger partial charge in [-0.15, -0.1) is 12.4 Å². The molecule has 0 amide bonds. The second-order valence-electron chi connectivity index (χ2n) is 4.39. The van der Waals surface area contributed by atoms with Gasteiger partial charge in [-0.1, -0.05) is 18.2 Å². The van der Waals surface area contributed by atoms with Crippen molar-refractivity contribution in [3.05, 3.63) is 30.3 Å². The number of nitrogens with two attached hydrogens (primary N) is 1. The molecule has 96 valence electrons. The molecule has 1 fully saturated rings. The predicted molar refractivity (Wildman–Crippen MR) is 71.1 cm³/mol. The van der Waals surface area contributed by atoms with Crippen molar-refractivity contribution in [2.75, 3.05) is 0 Å². The van der Waals surface area contributed by atoms with E-state index in [1.807, 2.05) is 6.07 Å². The van der Waals surface area contributed by atoms with Gasteiger partial charge in [0.1, 0.15) is 0 Å². The molecule has 2 rings (SSSR count). The molecule has 0 radical (unpaired) electrons. The average molecular weight is 276 g/mol. The summed E-state index contributed by atoms with van der Waals surface area (Å²) in [5.74, 6) is 0. The molecule has 1 saturated carbocycles. The average Bonchev–Trinajstić information content (AvgIpc) is 2.31. The van der Waals surface area contributed by atoms with Crippen LogP contribution in [0.25, 0.3) is 0 Å². The predicted octanol–water partition coefficient (Wildman–Crippen LogP) is 2.15. The van der Waals surface area contributed by atoms with Crippen LogP contribution in [-0.4, -0.2) is 19.7 Å². The molecule has 0 bridgehead atoms. The molecule has 0 saturated heterocycles. The second kappa shape index (κ2) is 5.85. The fraction of sp³-hybridized carbons (Fsp3) is 0.500. The molecule has 0 unspecified atom stereocenters. The van der Waals surface area contributed by atoms with Gasteiger partial charge in [-0.3, -0.25) is 0 Å². The van der Waals surface area contributed by atoms with Crippen molar-refractivity contribution in [2.45, 2.75) is 41.9 Å². The Bertz CT molecular complexity index is 439. The van der Waals surface area contributed by atoms with E-state index in [4.69, 9.17) is 5.73 Å². The summed E-state index contributed by atoms with van der Waals surface area (Å²) >= 11 is 0. The van der Waals surface area contributed by atoms with E-state index in [0.717, 1.165) is 12.8 Å². The molecule has 5 heteroatoms. The Morgan fingerprint density at radius 2 is 1.53 bits per heavy atom. The fourth-order valence-electron chi connectivity index (χ4n) is 2.20.